The van der Waals surface area contributed by atoms with Gasteiger partial charge in [0.2, 0.25) is 0 Å². The fourth-order valence-electron chi connectivity index (χ4n) is 5.34. The number of hydrogen-bond donors (Lipinski definition) is 0. The van der Waals surface area contributed by atoms with Crippen LogP contribution in [-0.2, 0) is 0 Å². The third-order valence-corrected chi connectivity index (χ3v) is 7.02. The second kappa shape index (κ2) is 7.75. The molecule has 0 spiro atoms. The fourth-order valence-corrected chi connectivity index (χ4v) is 5.34. The van der Waals surface area contributed by atoms with Gasteiger partial charge in [0.15, 0.2) is 0 Å². The molecular formula is C33H22N2. The summed E-state index contributed by atoms with van der Waals surface area (Å²) in [6, 6.07) is 38.8. The first-order valence-corrected chi connectivity index (χ1v) is 11.9. The zero-order valence-corrected chi connectivity index (χ0v) is 19.4. The van der Waals surface area contributed by atoms with Crippen LogP contribution in [0.25, 0.3) is 65.7 Å². The normalized spacial score (nSPS) is 11.6. The molecular weight excluding hydrogens is 424 g/mol. The molecule has 0 unspecified atom stereocenters. The van der Waals surface area contributed by atoms with Gasteiger partial charge in [0.1, 0.15) is 0 Å². The van der Waals surface area contributed by atoms with E-state index in [9.17, 15) is 0 Å². The Kier molecular flexibility index (Phi) is 4.40. The molecule has 2 heteroatoms. The summed E-state index contributed by atoms with van der Waals surface area (Å²) in [4.78, 5) is 9.88. The lowest BCUT2D eigenvalue weighted by molar-refractivity contribution is 1.37. The molecule has 0 saturated heterocycles. The van der Waals surface area contributed by atoms with E-state index in [0.29, 0.717) is 0 Å². The minimum atomic E-state index is 0.939. The van der Waals surface area contributed by atoms with Gasteiger partial charge in [0.25, 0.3) is 0 Å². The number of aryl methyl sites for hydroxylation is 1. The van der Waals surface area contributed by atoms with Crippen LogP contribution in [0.4, 0.5) is 0 Å². The summed E-state index contributed by atoms with van der Waals surface area (Å²) in [7, 11) is 0. The van der Waals surface area contributed by atoms with Crippen molar-refractivity contribution >= 4 is 43.4 Å². The molecule has 7 aromatic rings. The van der Waals surface area contributed by atoms with Gasteiger partial charge in [-0.3, -0.25) is 4.98 Å². The van der Waals surface area contributed by atoms with Crippen LogP contribution in [-0.4, -0.2) is 9.97 Å². The Bertz CT molecular complexity index is 1920. The monoisotopic (exact) mass is 446 g/mol. The van der Waals surface area contributed by atoms with Gasteiger partial charge in [0.05, 0.1) is 16.7 Å². The summed E-state index contributed by atoms with van der Waals surface area (Å²) in [5.74, 6) is 0. The highest BCUT2D eigenvalue weighted by Crippen LogP contribution is 2.42. The maximum atomic E-state index is 5.21. The highest BCUT2D eigenvalue weighted by molar-refractivity contribution is 6.12. The van der Waals surface area contributed by atoms with Crippen LogP contribution < -0.4 is 0 Å². The van der Waals surface area contributed by atoms with E-state index < -0.39 is 0 Å². The highest BCUT2D eigenvalue weighted by Gasteiger charge is 2.17. The number of hydrogen-bond acceptors (Lipinski definition) is 2. The van der Waals surface area contributed by atoms with Crippen LogP contribution in [0.2, 0.25) is 0 Å². The minimum absolute atomic E-state index is 0.939. The Morgan fingerprint density at radius 1 is 0.486 bits per heavy atom. The molecule has 2 aromatic heterocycles. The average molecular weight is 447 g/mol. The summed E-state index contributed by atoms with van der Waals surface area (Å²) in [5, 5.41) is 7.18. The average Bonchev–Trinajstić information content (AvgIpc) is 2.92. The topological polar surface area (TPSA) is 25.8 Å². The molecule has 0 aliphatic carbocycles. The van der Waals surface area contributed by atoms with Gasteiger partial charge in [-0.2, -0.15) is 0 Å². The Hall–Kier alpha value is -4.56. The first kappa shape index (κ1) is 19.9. The maximum absolute atomic E-state index is 5.21. The summed E-state index contributed by atoms with van der Waals surface area (Å²) >= 11 is 0. The van der Waals surface area contributed by atoms with Crippen molar-refractivity contribution in [2.24, 2.45) is 0 Å². The molecule has 0 aliphatic rings. The molecule has 35 heavy (non-hydrogen) atoms. The van der Waals surface area contributed by atoms with E-state index in [1.165, 1.54) is 38.2 Å². The predicted octanol–water partition coefficient (Wildman–Crippen LogP) is 8.73. The summed E-state index contributed by atoms with van der Waals surface area (Å²) < 4.78 is 0. The lowest BCUT2D eigenvalue weighted by Crippen LogP contribution is -1.94. The number of nitrogens with zero attached hydrogens (tertiary/aromatic N) is 2. The van der Waals surface area contributed by atoms with Crippen LogP contribution in [0.5, 0.6) is 0 Å². The molecule has 2 nitrogen and oxygen atoms in total. The van der Waals surface area contributed by atoms with E-state index >= 15 is 0 Å². The lowest BCUT2D eigenvalue weighted by Gasteiger charge is -2.18. The summed E-state index contributed by atoms with van der Waals surface area (Å²) in [6.45, 7) is 2.21. The quantitative estimate of drug-likeness (QED) is 0.248. The Morgan fingerprint density at radius 2 is 1.09 bits per heavy atom. The summed E-state index contributed by atoms with van der Waals surface area (Å²) in [5.41, 5.74) is 7.74. The minimum Gasteiger partial charge on any atom is -0.254 e. The molecule has 0 atom stereocenters. The van der Waals surface area contributed by atoms with Gasteiger partial charge in [-0.15, -0.1) is 0 Å². The number of fused-ring (bicyclic) bond motifs is 5. The SMILES string of the molecule is Cc1ccc2ccccc2c1-c1c(-c2ccc3ccc4cccnc4c3n2)ccc2ccccc12. The first-order chi connectivity index (χ1) is 17.3. The van der Waals surface area contributed by atoms with Crippen molar-refractivity contribution in [3.05, 3.63) is 121 Å². The number of benzene rings is 5. The van der Waals surface area contributed by atoms with E-state index in [-0.39, 0.29) is 0 Å². The molecule has 0 bridgehead atoms. The van der Waals surface area contributed by atoms with Gasteiger partial charge in [0, 0.05) is 22.5 Å². The molecule has 0 N–H and O–H groups in total. The molecule has 164 valence electrons. The Labute approximate surface area is 203 Å². The van der Waals surface area contributed by atoms with Crippen LogP contribution in [0.15, 0.2) is 115 Å². The second-order valence-electron chi connectivity index (χ2n) is 9.10. The number of pyridine rings is 2. The maximum Gasteiger partial charge on any atom is 0.0972 e. The van der Waals surface area contributed by atoms with E-state index in [4.69, 9.17) is 4.98 Å². The third kappa shape index (κ3) is 3.11. The van der Waals surface area contributed by atoms with Crippen molar-refractivity contribution in [1.82, 2.24) is 9.97 Å². The molecule has 7 rings (SSSR count). The van der Waals surface area contributed by atoms with Gasteiger partial charge in [-0.1, -0.05) is 97.1 Å². The standard InChI is InChI=1S/C33H22N2/c1-21-12-13-22-7-2-4-10-26(22)30(21)31-27-11-5-3-8-23(27)16-18-28(31)29-19-17-25-15-14-24-9-6-20-34-32(24)33(25)35-29/h2-20H,1H3. The zero-order valence-electron chi connectivity index (χ0n) is 19.4. The first-order valence-electron chi connectivity index (χ1n) is 11.9. The van der Waals surface area contributed by atoms with Crippen LogP contribution in [0, 0.1) is 6.92 Å². The van der Waals surface area contributed by atoms with E-state index in [1.54, 1.807) is 0 Å². The smallest absolute Gasteiger partial charge is 0.0972 e. The molecule has 0 aliphatic heterocycles. The number of aromatic nitrogens is 2. The molecule has 0 fully saturated rings. The van der Waals surface area contributed by atoms with Crippen molar-refractivity contribution in [3.63, 3.8) is 0 Å². The zero-order chi connectivity index (χ0) is 23.4. The van der Waals surface area contributed by atoms with Gasteiger partial charge >= 0.3 is 0 Å². The van der Waals surface area contributed by atoms with Gasteiger partial charge in [-0.05, 0) is 57.3 Å². The predicted molar refractivity (Wildman–Crippen MR) is 148 cm³/mol. The lowest BCUT2D eigenvalue weighted by atomic mass is 9.86. The molecule has 0 saturated carbocycles. The van der Waals surface area contributed by atoms with Crippen LogP contribution in [0.3, 0.4) is 0 Å². The molecule has 0 amide bonds. The number of rotatable bonds is 2. The fraction of sp³-hybridized carbons (Fsp3) is 0.0303. The Balaban J connectivity index is 1.61. The van der Waals surface area contributed by atoms with Crippen LogP contribution >= 0.6 is 0 Å². The van der Waals surface area contributed by atoms with Gasteiger partial charge < -0.3 is 0 Å². The third-order valence-electron chi connectivity index (χ3n) is 7.02. The van der Waals surface area contributed by atoms with Crippen molar-refractivity contribution in [1.29, 1.82) is 0 Å². The largest absolute Gasteiger partial charge is 0.254 e. The second-order valence-corrected chi connectivity index (χ2v) is 9.10. The van der Waals surface area contributed by atoms with E-state index in [0.717, 1.165) is 33.1 Å². The molecule has 2 heterocycles. The van der Waals surface area contributed by atoms with Crippen molar-refractivity contribution in [3.8, 4) is 22.4 Å². The van der Waals surface area contributed by atoms with E-state index in [1.807, 2.05) is 12.3 Å². The molecule has 5 aromatic carbocycles. The highest BCUT2D eigenvalue weighted by atomic mass is 14.8. The van der Waals surface area contributed by atoms with Crippen molar-refractivity contribution in [2.45, 2.75) is 6.92 Å². The van der Waals surface area contributed by atoms with Gasteiger partial charge in [-0.25, -0.2) is 4.98 Å². The van der Waals surface area contributed by atoms with Crippen molar-refractivity contribution in [2.75, 3.05) is 0 Å². The van der Waals surface area contributed by atoms with E-state index in [2.05, 4.69) is 115 Å². The van der Waals surface area contributed by atoms with Crippen molar-refractivity contribution < 1.29 is 0 Å². The van der Waals surface area contributed by atoms with Crippen LogP contribution in [0.1, 0.15) is 5.56 Å². The summed E-state index contributed by atoms with van der Waals surface area (Å²) in [6.07, 6.45) is 1.84. The Morgan fingerprint density at radius 3 is 1.89 bits per heavy atom. The molecule has 0 radical (unpaired) electrons.